The molecule has 3 heterocycles. The lowest BCUT2D eigenvalue weighted by molar-refractivity contribution is -0.0355. The van der Waals surface area contributed by atoms with Crippen molar-refractivity contribution in [3.8, 4) is 0 Å². The van der Waals surface area contributed by atoms with Crippen LogP contribution in [-0.2, 0) is 11.3 Å². The Bertz CT molecular complexity index is 571. The Morgan fingerprint density at radius 3 is 2.90 bits per heavy atom. The van der Waals surface area contributed by atoms with Gasteiger partial charge in [-0.2, -0.15) is 0 Å². The Morgan fingerprint density at radius 2 is 2.14 bits per heavy atom. The molecule has 1 atom stereocenters. The Morgan fingerprint density at radius 1 is 1.29 bits per heavy atom. The zero-order valence-electron chi connectivity index (χ0n) is 12.4. The zero-order chi connectivity index (χ0) is 14.7. The lowest BCUT2D eigenvalue weighted by atomic mass is 10.2. The summed E-state index contributed by atoms with van der Waals surface area (Å²) in [6, 6.07) is 0. The van der Waals surface area contributed by atoms with Crippen LogP contribution in [0.3, 0.4) is 0 Å². The van der Waals surface area contributed by atoms with Crippen LogP contribution in [-0.4, -0.2) is 58.6 Å². The number of rotatable bonds is 4. The first kappa shape index (κ1) is 14.0. The quantitative estimate of drug-likeness (QED) is 0.899. The summed E-state index contributed by atoms with van der Waals surface area (Å²) in [6.45, 7) is 3.17. The van der Waals surface area contributed by atoms with Crippen molar-refractivity contribution in [2.75, 3.05) is 38.7 Å². The van der Waals surface area contributed by atoms with Crippen molar-refractivity contribution in [3.05, 3.63) is 36.3 Å². The second kappa shape index (κ2) is 6.19. The molecule has 21 heavy (non-hydrogen) atoms. The fourth-order valence-electron chi connectivity index (χ4n) is 2.52. The number of aromatic amines is 1. The van der Waals surface area contributed by atoms with E-state index in [0.717, 1.165) is 37.0 Å². The minimum atomic E-state index is -0.0557. The van der Waals surface area contributed by atoms with Gasteiger partial charge in [0.2, 0.25) is 0 Å². The van der Waals surface area contributed by atoms with Gasteiger partial charge in [-0.05, 0) is 0 Å². The van der Waals surface area contributed by atoms with Gasteiger partial charge in [0.15, 0.2) is 5.82 Å². The third-order valence-corrected chi connectivity index (χ3v) is 3.51. The highest BCUT2D eigenvalue weighted by molar-refractivity contribution is 5.42. The SMILES string of the molecule is CN(C)c1nccnc1[C@H]1CN(Cc2ncc[nH]2)CCO1. The van der Waals surface area contributed by atoms with Gasteiger partial charge in [-0.3, -0.25) is 9.88 Å². The Labute approximate surface area is 124 Å². The van der Waals surface area contributed by atoms with E-state index in [4.69, 9.17) is 4.74 Å². The van der Waals surface area contributed by atoms with Crippen LogP contribution >= 0.6 is 0 Å². The van der Waals surface area contributed by atoms with Crippen molar-refractivity contribution in [2.24, 2.45) is 0 Å². The number of hydrogen-bond acceptors (Lipinski definition) is 6. The average Bonchev–Trinajstić information content (AvgIpc) is 3.00. The van der Waals surface area contributed by atoms with Crippen LogP contribution < -0.4 is 4.90 Å². The maximum atomic E-state index is 5.90. The van der Waals surface area contributed by atoms with E-state index in [0.29, 0.717) is 6.61 Å². The molecule has 2 aromatic heterocycles. The predicted molar refractivity (Wildman–Crippen MR) is 78.9 cm³/mol. The molecule has 2 aromatic rings. The molecule has 0 spiro atoms. The van der Waals surface area contributed by atoms with Crippen molar-refractivity contribution in [1.82, 2.24) is 24.8 Å². The van der Waals surface area contributed by atoms with E-state index in [1.807, 2.05) is 25.2 Å². The van der Waals surface area contributed by atoms with Crippen molar-refractivity contribution in [3.63, 3.8) is 0 Å². The highest BCUT2D eigenvalue weighted by Crippen LogP contribution is 2.26. The molecule has 1 aliphatic rings. The van der Waals surface area contributed by atoms with E-state index in [9.17, 15) is 0 Å². The maximum absolute atomic E-state index is 5.90. The summed E-state index contributed by atoms with van der Waals surface area (Å²) >= 11 is 0. The lowest BCUT2D eigenvalue weighted by Gasteiger charge is -2.33. The minimum Gasteiger partial charge on any atom is -0.369 e. The average molecular weight is 288 g/mol. The van der Waals surface area contributed by atoms with Crippen molar-refractivity contribution in [1.29, 1.82) is 0 Å². The molecule has 0 aromatic carbocycles. The second-order valence-corrected chi connectivity index (χ2v) is 5.29. The third kappa shape index (κ3) is 3.20. The highest BCUT2D eigenvalue weighted by Gasteiger charge is 2.26. The topological polar surface area (TPSA) is 70.2 Å². The normalized spacial score (nSPS) is 19.6. The van der Waals surface area contributed by atoms with Gasteiger partial charge in [-0.15, -0.1) is 0 Å². The smallest absolute Gasteiger partial charge is 0.152 e. The largest absolute Gasteiger partial charge is 0.369 e. The van der Waals surface area contributed by atoms with Crippen molar-refractivity contribution < 1.29 is 4.74 Å². The lowest BCUT2D eigenvalue weighted by Crippen LogP contribution is -2.38. The van der Waals surface area contributed by atoms with Gasteiger partial charge < -0.3 is 14.6 Å². The van der Waals surface area contributed by atoms with Crippen molar-refractivity contribution >= 4 is 5.82 Å². The summed E-state index contributed by atoms with van der Waals surface area (Å²) in [5.41, 5.74) is 0.895. The first-order valence-electron chi connectivity index (χ1n) is 7.04. The summed E-state index contributed by atoms with van der Waals surface area (Å²) in [4.78, 5) is 20.6. The van der Waals surface area contributed by atoms with E-state index in [-0.39, 0.29) is 6.10 Å². The van der Waals surface area contributed by atoms with Crippen LogP contribution in [0.2, 0.25) is 0 Å². The predicted octanol–water partition coefficient (Wildman–Crippen LogP) is 0.839. The van der Waals surface area contributed by atoms with Gasteiger partial charge >= 0.3 is 0 Å². The van der Waals surface area contributed by atoms with Gasteiger partial charge in [-0.1, -0.05) is 0 Å². The van der Waals surface area contributed by atoms with E-state index in [1.54, 1.807) is 18.6 Å². The molecule has 7 nitrogen and oxygen atoms in total. The van der Waals surface area contributed by atoms with E-state index >= 15 is 0 Å². The molecular formula is C14H20N6O. The Hall–Kier alpha value is -1.99. The fraction of sp³-hybridized carbons (Fsp3) is 0.500. The van der Waals surface area contributed by atoms with Gasteiger partial charge in [-0.25, -0.2) is 9.97 Å². The van der Waals surface area contributed by atoms with Crippen LogP contribution in [0.5, 0.6) is 0 Å². The number of nitrogens with one attached hydrogen (secondary N) is 1. The first-order valence-corrected chi connectivity index (χ1v) is 7.04. The van der Waals surface area contributed by atoms with Crippen LogP contribution in [0.15, 0.2) is 24.8 Å². The number of anilines is 1. The summed E-state index contributed by atoms with van der Waals surface area (Å²) < 4.78 is 5.90. The number of nitrogens with zero attached hydrogens (tertiary/aromatic N) is 5. The molecule has 0 amide bonds. The van der Waals surface area contributed by atoms with E-state index in [1.165, 1.54) is 0 Å². The number of H-pyrrole nitrogens is 1. The number of hydrogen-bond donors (Lipinski definition) is 1. The molecule has 7 heteroatoms. The Kier molecular flexibility index (Phi) is 4.12. The van der Waals surface area contributed by atoms with Crippen LogP contribution in [0.1, 0.15) is 17.6 Å². The van der Waals surface area contributed by atoms with Gasteiger partial charge in [0.05, 0.1) is 13.2 Å². The fourth-order valence-corrected chi connectivity index (χ4v) is 2.52. The number of aromatic nitrogens is 4. The van der Waals surface area contributed by atoms with Crippen LogP contribution in [0.4, 0.5) is 5.82 Å². The standard InChI is InChI=1S/C14H20N6O/c1-19(2)14-13(17-5-6-18-14)11-9-20(7-8-21-11)10-12-15-3-4-16-12/h3-6,11H,7-10H2,1-2H3,(H,15,16)/t11-/m1/s1. The van der Waals surface area contributed by atoms with Crippen LogP contribution in [0.25, 0.3) is 0 Å². The number of ether oxygens (including phenoxy) is 1. The van der Waals surface area contributed by atoms with Gasteiger partial charge in [0.1, 0.15) is 17.6 Å². The summed E-state index contributed by atoms with van der Waals surface area (Å²) in [6.07, 6.45) is 7.00. The highest BCUT2D eigenvalue weighted by atomic mass is 16.5. The molecule has 1 fully saturated rings. The van der Waals surface area contributed by atoms with E-state index < -0.39 is 0 Å². The molecule has 1 saturated heterocycles. The summed E-state index contributed by atoms with van der Waals surface area (Å²) in [5, 5.41) is 0. The van der Waals surface area contributed by atoms with Gasteiger partial charge in [0, 0.05) is 52.0 Å². The zero-order valence-corrected chi connectivity index (χ0v) is 12.4. The number of morpholine rings is 1. The molecule has 112 valence electrons. The molecule has 1 aliphatic heterocycles. The molecule has 0 bridgehead atoms. The first-order chi connectivity index (χ1) is 10.2. The molecule has 3 rings (SSSR count). The van der Waals surface area contributed by atoms with Gasteiger partial charge in [0.25, 0.3) is 0 Å². The van der Waals surface area contributed by atoms with Crippen LogP contribution in [0, 0.1) is 0 Å². The molecular weight excluding hydrogens is 268 g/mol. The molecule has 0 radical (unpaired) electrons. The second-order valence-electron chi connectivity index (χ2n) is 5.29. The molecule has 0 unspecified atom stereocenters. The molecule has 0 aliphatic carbocycles. The minimum absolute atomic E-state index is 0.0557. The van der Waals surface area contributed by atoms with Crippen molar-refractivity contribution in [2.45, 2.75) is 12.6 Å². The number of imidazole rings is 1. The Balaban J connectivity index is 1.74. The summed E-state index contributed by atoms with van der Waals surface area (Å²) in [5.74, 6) is 1.84. The maximum Gasteiger partial charge on any atom is 0.152 e. The third-order valence-electron chi connectivity index (χ3n) is 3.51. The monoisotopic (exact) mass is 288 g/mol. The summed E-state index contributed by atoms with van der Waals surface area (Å²) in [7, 11) is 3.94. The molecule has 0 saturated carbocycles. The van der Waals surface area contributed by atoms with E-state index in [2.05, 4.69) is 24.8 Å². The molecule has 1 N–H and O–H groups in total.